The predicted octanol–water partition coefficient (Wildman–Crippen LogP) is 2.58. The predicted molar refractivity (Wildman–Crippen MR) is 96.1 cm³/mol. The summed E-state index contributed by atoms with van der Waals surface area (Å²) in [5.41, 5.74) is 4.13. The maximum atomic E-state index is 9.28. The van der Waals surface area contributed by atoms with Crippen molar-refractivity contribution in [1.82, 2.24) is 14.7 Å². The van der Waals surface area contributed by atoms with Gasteiger partial charge in [0.15, 0.2) is 0 Å². The molecular weight excluding hydrogens is 298 g/mol. The van der Waals surface area contributed by atoms with Crippen LogP contribution in [-0.2, 0) is 6.54 Å². The van der Waals surface area contributed by atoms with E-state index in [1.54, 1.807) is 0 Å². The summed E-state index contributed by atoms with van der Waals surface area (Å²) in [5.74, 6) is 0. The molecule has 0 bridgehead atoms. The molecule has 3 rings (SSSR count). The molecule has 5 nitrogen and oxygen atoms in total. The van der Waals surface area contributed by atoms with Crippen LogP contribution in [0.1, 0.15) is 23.9 Å². The second kappa shape index (κ2) is 7.06. The Balaban J connectivity index is 1.60. The number of hydrogen-bond donors (Lipinski definition) is 0. The average Bonchev–Trinajstić information content (AvgIpc) is 2.92. The van der Waals surface area contributed by atoms with Gasteiger partial charge in [0.25, 0.3) is 0 Å². The SMILES string of the molecule is Cc1cc(C)n(CC(C)N2CCN(c3ccccc3C#N)CC2)n1. The monoisotopic (exact) mass is 323 g/mol. The minimum Gasteiger partial charge on any atom is -0.368 e. The zero-order valence-corrected chi connectivity index (χ0v) is 14.7. The van der Waals surface area contributed by atoms with Crippen LogP contribution >= 0.6 is 0 Å². The van der Waals surface area contributed by atoms with Crippen molar-refractivity contribution >= 4 is 5.69 Å². The van der Waals surface area contributed by atoms with Crippen LogP contribution in [-0.4, -0.2) is 46.9 Å². The van der Waals surface area contributed by atoms with Crippen molar-refractivity contribution in [3.05, 3.63) is 47.3 Å². The van der Waals surface area contributed by atoms with Crippen molar-refractivity contribution in [2.45, 2.75) is 33.4 Å². The number of aromatic nitrogens is 2. The largest absolute Gasteiger partial charge is 0.368 e. The lowest BCUT2D eigenvalue weighted by atomic mass is 10.1. The summed E-state index contributed by atoms with van der Waals surface area (Å²) in [7, 11) is 0. The quantitative estimate of drug-likeness (QED) is 0.868. The second-order valence-electron chi connectivity index (χ2n) is 6.61. The molecule has 0 spiro atoms. The van der Waals surface area contributed by atoms with Gasteiger partial charge in [0, 0.05) is 37.9 Å². The van der Waals surface area contributed by atoms with E-state index in [1.807, 2.05) is 31.2 Å². The topological polar surface area (TPSA) is 48.1 Å². The van der Waals surface area contributed by atoms with Crippen LogP contribution in [0.15, 0.2) is 30.3 Å². The Hall–Kier alpha value is -2.32. The summed E-state index contributed by atoms with van der Waals surface area (Å²) in [4.78, 5) is 4.84. The van der Waals surface area contributed by atoms with Crippen LogP contribution in [0, 0.1) is 25.2 Å². The van der Waals surface area contributed by atoms with Crippen molar-refractivity contribution in [3.63, 3.8) is 0 Å². The van der Waals surface area contributed by atoms with Crippen molar-refractivity contribution in [1.29, 1.82) is 5.26 Å². The number of nitriles is 1. The van der Waals surface area contributed by atoms with E-state index >= 15 is 0 Å². The molecule has 0 amide bonds. The van der Waals surface area contributed by atoms with E-state index in [0.717, 1.165) is 49.7 Å². The van der Waals surface area contributed by atoms with Crippen LogP contribution in [0.4, 0.5) is 5.69 Å². The van der Waals surface area contributed by atoms with Gasteiger partial charge in [-0.25, -0.2) is 0 Å². The fourth-order valence-electron chi connectivity index (χ4n) is 3.47. The van der Waals surface area contributed by atoms with Gasteiger partial charge in [-0.05, 0) is 39.0 Å². The van der Waals surface area contributed by atoms with E-state index in [9.17, 15) is 5.26 Å². The number of aryl methyl sites for hydroxylation is 2. The molecule has 0 saturated carbocycles. The number of nitrogens with zero attached hydrogens (tertiary/aromatic N) is 5. The van der Waals surface area contributed by atoms with Gasteiger partial charge in [-0.15, -0.1) is 0 Å². The summed E-state index contributed by atoms with van der Waals surface area (Å²) in [6.07, 6.45) is 0. The molecular formula is C19H25N5. The van der Waals surface area contributed by atoms with E-state index < -0.39 is 0 Å². The summed E-state index contributed by atoms with van der Waals surface area (Å²) >= 11 is 0. The molecule has 1 unspecified atom stereocenters. The molecule has 1 atom stereocenters. The Labute approximate surface area is 144 Å². The van der Waals surface area contributed by atoms with Gasteiger partial charge in [-0.2, -0.15) is 10.4 Å². The van der Waals surface area contributed by atoms with E-state index in [0.29, 0.717) is 6.04 Å². The molecule has 1 aliphatic heterocycles. The molecule has 1 aromatic carbocycles. The van der Waals surface area contributed by atoms with Gasteiger partial charge in [0.2, 0.25) is 0 Å². The first-order valence-electron chi connectivity index (χ1n) is 8.57. The van der Waals surface area contributed by atoms with Gasteiger partial charge in [0.05, 0.1) is 23.5 Å². The molecule has 126 valence electrons. The molecule has 1 fully saturated rings. The zero-order chi connectivity index (χ0) is 17.1. The minimum atomic E-state index is 0.455. The highest BCUT2D eigenvalue weighted by Gasteiger charge is 2.23. The highest BCUT2D eigenvalue weighted by Crippen LogP contribution is 2.21. The fourth-order valence-corrected chi connectivity index (χ4v) is 3.47. The standard InChI is InChI=1S/C19H25N5/c1-15-12-16(2)24(21-15)14-17(3)22-8-10-23(11-9-22)19-7-5-4-6-18(19)13-20/h4-7,12,17H,8-11,14H2,1-3H3. The van der Waals surface area contributed by atoms with Crippen molar-refractivity contribution in [2.24, 2.45) is 0 Å². The van der Waals surface area contributed by atoms with Gasteiger partial charge < -0.3 is 4.90 Å². The maximum Gasteiger partial charge on any atom is 0.101 e. The summed E-state index contributed by atoms with van der Waals surface area (Å²) < 4.78 is 2.11. The van der Waals surface area contributed by atoms with Crippen molar-refractivity contribution < 1.29 is 0 Å². The first-order chi connectivity index (χ1) is 11.6. The molecule has 1 aromatic heterocycles. The second-order valence-corrected chi connectivity index (χ2v) is 6.61. The van der Waals surface area contributed by atoms with Crippen LogP contribution in [0.2, 0.25) is 0 Å². The Kier molecular flexibility index (Phi) is 4.86. The third kappa shape index (κ3) is 3.44. The highest BCUT2D eigenvalue weighted by molar-refractivity contribution is 5.59. The molecule has 1 aliphatic rings. The molecule has 0 aliphatic carbocycles. The summed E-state index contributed by atoms with van der Waals surface area (Å²) in [6.45, 7) is 11.3. The summed E-state index contributed by atoms with van der Waals surface area (Å²) in [6, 6.07) is 12.8. The third-order valence-corrected chi connectivity index (χ3v) is 4.84. The normalized spacial score (nSPS) is 16.8. The first kappa shape index (κ1) is 16.5. The molecule has 5 heteroatoms. The molecule has 24 heavy (non-hydrogen) atoms. The molecule has 0 radical (unpaired) electrons. The highest BCUT2D eigenvalue weighted by atomic mass is 15.3. The Bertz CT molecular complexity index is 734. The molecule has 2 aromatic rings. The Morgan fingerprint density at radius 1 is 1.17 bits per heavy atom. The Morgan fingerprint density at radius 2 is 1.88 bits per heavy atom. The van der Waals surface area contributed by atoms with E-state index in [1.165, 1.54) is 5.69 Å². The van der Waals surface area contributed by atoms with Gasteiger partial charge in [-0.1, -0.05) is 12.1 Å². The van der Waals surface area contributed by atoms with Crippen LogP contribution in [0.5, 0.6) is 0 Å². The van der Waals surface area contributed by atoms with E-state index in [4.69, 9.17) is 0 Å². The summed E-state index contributed by atoms with van der Waals surface area (Å²) in [5, 5.41) is 13.9. The number of benzene rings is 1. The van der Waals surface area contributed by atoms with Gasteiger partial charge >= 0.3 is 0 Å². The minimum absolute atomic E-state index is 0.455. The number of anilines is 1. The first-order valence-corrected chi connectivity index (χ1v) is 8.57. The smallest absolute Gasteiger partial charge is 0.101 e. The van der Waals surface area contributed by atoms with Crippen LogP contribution in [0.25, 0.3) is 0 Å². The van der Waals surface area contributed by atoms with Crippen LogP contribution < -0.4 is 4.90 Å². The van der Waals surface area contributed by atoms with Gasteiger partial charge in [0.1, 0.15) is 6.07 Å². The lowest BCUT2D eigenvalue weighted by Gasteiger charge is -2.39. The van der Waals surface area contributed by atoms with E-state index in [2.05, 4.69) is 45.6 Å². The Morgan fingerprint density at radius 3 is 2.50 bits per heavy atom. The number of hydrogen-bond acceptors (Lipinski definition) is 4. The maximum absolute atomic E-state index is 9.28. The number of rotatable bonds is 4. The molecule has 0 N–H and O–H groups in total. The van der Waals surface area contributed by atoms with Gasteiger partial charge in [-0.3, -0.25) is 9.58 Å². The molecule has 1 saturated heterocycles. The zero-order valence-electron chi connectivity index (χ0n) is 14.7. The lowest BCUT2D eigenvalue weighted by Crippen LogP contribution is -2.50. The molecule has 2 heterocycles. The van der Waals surface area contributed by atoms with E-state index in [-0.39, 0.29) is 0 Å². The number of piperazine rings is 1. The number of para-hydroxylation sites is 1. The van der Waals surface area contributed by atoms with Crippen LogP contribution in [0.3, 0.4) is 0 Å². The van der Waals surface area contributed by atoms with Crippen molar-refractivity contribution in [3.8, 4) is 6.07 Å². The third-order valence-electron chi connectivity index (χ3n) is 4.84. The van der Waals surface area contributed by atoms with Crippen molar-refractivity contribution in [2.75, 3.05) is 31.1 Å². The fraction of sp³-hybridized carbons (Fsp3) is 0.474. The average molecular weight is 323 g/mol. The lowest BCUT2D eigenvalue weighted by molar-refractivity contribution is 0.176.